The summed E-state index contributed by atoms with van der Waals surface area (Å²) in [5, 5.41) is 8.07. The summed E-state index contributed by atoms with van der Waals surface area (Å²) < 4.78 is 6.09. The third kappa shape index (κ3) is 4.87. The number of carbonyl (C=O) groups is 1. The molecule has 3 aromatic rings. The van der Waals surface area contributed by atoms with E-state index in [-0.39, 0.29) is 6.03 Å². The summed E-state index contributed by atoms with van der Waals surface area (Å²) in [5.74, 6) is 3.18. The van der Waals surface area contributed by atoms with Gasteiger partial charge in [-0.1, -0.05) is 56.4 Å². The van der Waals surface area contributed by atoms with Gasteiger partial charge in [0.15, 0.2) is 0 Å². The first kappa shape index (κ1) is 21.5. The summed E-state index contributed by atoms with van der Waals surface area (Å²) >= 11 is 0. The van der Waals surface area contributed by atoms with Crippen molar-refractivity contribution >= 4 is 28.4 Å². The van der Waals surface area contributed by atoms with Crippen LogP contribution in [0.25, 0.3) is 10.8 Å². The van der Waals surface area contributed by atoms with Gasteiger partial charge in [-0.3, -0.25) is 0 Å². The molecule has 2 aromatic carbocycles. The van der Waals surface area contributed by atoms with Crippen molar-refractivity contribution in [1.29, 1.82) is 0 Å². The van der Waals surface area contributed by atoms with E-state index in [0.717, 1.165) is 28.8 Å². The Morgan fingerprint density at radius 2 is 1.82 bits per heavy atom. The standard InChI is InChI=1S/C26H31N5O2/c1-31(2)25-27-15-14-24(30-25)33-23-13-12-21(18-10-6-7-11-19(18)23)28-26(32)29-22-16-20(22)17-8-4-3-5-9-17/h6-7,10-15,17,20,22H,3-5,8-9,16H2,1-2H3,(H2,28,29,32). The number of benzene rings is 2. The first-order valence-corrected chi connectivity index (χ1v) is 11.9. The number of amides is 2. The lowest BCUT2D eigenvalue weighted by atomic mass is 9.85. The molecule has 2 saturated carbocycles. The van der Waals surface area contributed by atoms with Crippen LogP contribution in [-0.2, 0) is 0 Å². The van der Waals surface area contributed by atoms with Gasteiger partial charge in [0.05, 0.1) is 5.69 Å². The van der Waals surface area contributed by atoms with Crippen LogP contribution in [0.5, 0.6) is 11.6 Å². The molecular weight excluding hydrogens is 414 g/mol. The molecule has 1 heterocycles. The Morgan fingerprint density at radius 1 is 1.03 bits per heavy atom. The third-order valence-electron chi connectivity index (χ3n) is 6.78. The first-order chi connectivity index (χ1) is 16.1. The number of fused-ring (bicyclic) bond motifs is 1. The second kappa shape index (κ2) is 9.25. The molecule has 1 aromatic heterocycles. The SMILES string of the molecule is CN(C)c1nccc(Oc2ccc(NC(=O)NC3CC3C3CCCCC3)c3ccccc23)n1. The van der Waals surface area contributed by atoms with E-state index in [1.165, 1.54) is 32.1 Å². The van der Waals surface area contributed by atoms with Crippen molar-refractivity contribution in [1.82, 2.24) is 15.3 Å². The summed E-state index contributed by atoms with van der Waals surface area (Å²) in [5.41, 5.74) is 0.766. The molecule has 2 aliphatic rings. The number of nitrogens with one attached hydrogen (secondary N) is 2. The predicted octanol–water partition coefficient (Wildman–Crippen LogP) is 5.58. The molecule has 0 saturated heterocycles. The molecule has 0 radical (unpaired) electrons. The molecule has 5 rings (SSSR count). The monoisotopic (exact) mass is 445 g/mol. The molecule has 0 spiro atoms. The number of aromatic nitrogens is 2. The van der Waals surface area contributed by atoms with Crippen molar-refractivity contribution in [3.8, 4) is 11.6 Å². The fourth-order valence-electron chi connectivity index (χ4n) is 4.98. The quantitative estimate of drug-likeness (QED) is 0.518. The maximum Gasteiger partial charge on any atom is 0.319 e. The van der Waals surface area contributed by atoms with Crippen molar-refractivity contribution in [3.63, 3.8) is 0 Å². The van der Waals surface area contributed by atoms with Crippen molar-refractivity contribution in [2.75, 3.05) is 24.3 Å². The van der Waals surface area contributed by atoms with Crippen LogP contribution >= 0.6 is 0 Å². The lowest BCUT2D eigenvalue weighted by molar-refractivity contribution is 0.249. The summed E-state index contributed by atoms with van der Waals surface area (Å²) in [6.45, 7) is 0. The third-order valence-corrected chi connectivity index (χ3v) is 6.78. The minimum Gasteiger partial charge on any atom is -0.438 e. The second-order valence-corrected chi connectivity index (χ2v) is 9.35. The maximum atomic E-state index is 12.7. The highest BCUT2D eigenvalue weighted by atomic mass is 16.5. The van der Waals surface area contributed by atoms with E-state index in [2.05, 4.69) is 20.6 Å². The topological polar surface area (TPSA) is 79.4 Å². The number of hydrogen-bond acceptors (Lipinski definition) is 5. The van der Waals surface area contributed by atoms with Crippen LogP contribution in [-0.4, -0.2) is 36.1 Å². The largest absolute Gasteiger partial charge is 0.438 e. The zero-order chi connectivity index (χ0) is 22.8. The average molecular weight is 446 g/mol. The maximum absolute atomic E-state index is 12.7. The lowest BCUT2D eigenvalue weighted by Gasteiger charge is -2.21. The van der Waals surface area contributed by atoms with Gasteiger partial charge in [-0.2, -0.15) is 4.98 Å². The summed E-state index contributed by atoms with van der Waals surface area (Å²) in [6, 6.07) is 13.6. The average Bonchev–Trinajstić information content (AvgIpc) is 3.60. The van der Waals surface area contributed by atoms with Crippen LogP contribution in [0.2, 0.25) is 0 Å². The number of ether oxygens (including phenoxy) is 1. The molecule has 33 heavy (non-hydrogen) atoms. The number of nitrogens with zero attached hydrogens (tertiary/aromatic N) is 3. The molecular formula is C26H31N5O2. The van der Waals surface area contributed by atoms with Crippen LogP contribution in [0.1, 0.15) is 38.5 Å². The minimum absolute atomic E-state index is 0.136. The molecule has 7 nitrogen and oxygen atoms in total. The fraction of sp³-hybridized carbons (Fsp3) is 0.423. The summed E-state index contributed by atoms with van der Waals surface area (Å²) in [7, 11) is 3.78. The Labute approximate surface area is 194 Å². The zero-order valence-corrected chi connectivity index (χ0v) is 19.3. The molecule has 7 heteroatoms. The molecule has 2 amide bonds. The molecule has 0 aliphatic heterocycles. The van der Waals surface area contributed by atoms with Crippen LogP contribution < -0.4 is 20.3 Å². The molecule has 2 N–H and O–H groups in total. The van der Waals surface area contributed by atoms with Gasteiger partial charge >= 0.3 is 6.03 Å². The van der Waals surface area contributed by atoms with E-state index in [4.69, 9.17) is 4.74 Å². The van der Waals surface area contributed by atoms with Gasteiger partial charge in [-0.15, -0.1) is 0 Å². The highest BCUT2D eigenvalue weighted by molar-refractivity contribution is 6.04. The normalized spacial score (nSPS) is 20.3. The van der Waals surface area contributed by atoms with Crippen molar-refractivity contribution < 1.29 is 9.53 Å². The predicted molar refractivity (Wildman–Crippen MR) is 131 cm³/mol. The van der Waals surface area contributed by atoms with Gasteiger partial charge in [-0.25, -0.2) is 9.78 Å². The van der Waals surface area contributed by atoms with E-state index in [0.29, 0.717) is 29.5 Å². The van der Waals surface area contributed by atoms with Crippen molar-refractivity contribution in [2.24, 2.45) is 11.8 Å². The van der Waals surface area contributed by atoms with Gasteiger partial charge in [0.25, 0.3) is 0 Å². The fourth-order valence-corrected chi connectivity index (χ4v) is 4.98. The molecule has 2 fully saturated rings. The second-order valence-electron chi connectivity index (χ2n) is 9.35. The van der Waals surface area contributed by atoms with Gasteiger partial charge in [-0.05, 0) is 30.4 Å². The Bertz CT molecular complexity index is 1140. The van der Waals surface area contributed by atoms with Gasteiger partial charge < -0.3 is 20.3 Å². The van der Waals surface area contributed by atoms with E-state index in [9.17, 15) is 4.79 Å². The Balaban J connectivity index is 1.29. The molecule has 2 unspecified atom stereocenters. The minimum atomic E-state index is -0.136. The van der Waals surface area contributed by atoms with Gasteiger partial charge in [0.2, 0.25) is 11.8 Å². The molecule has 0 bridgehead atoms. The van der Waals surface area contributed by atoms with E-state index in [1.54, 1.807) is 12.3 Å². The van der Waals surface area contributed by atoms with Crippen LogP contribution in [0, 0.1) is 11.8 Å². The van der Waals surface area contributed by atoms with Crippen molar-refractivity contribution in [2.45, 2.75) is 44.6 Å². The van der Waals surface area contributed by atoms with Gasteiger partial charge in [0.1, 0.15) is 5.75 Å². The molecule has 2 atom stereocenters. The van der Waals surface area contributed by atoms with Crippen LogP contribution in [0.3, 0.4) is 0 Å². The first-order valence-electron chi connectivity index (χ1n) is 11.9. The summed E-state index contributed by atoms with van der Waals surface area (Å²) in [4.78, 5) is 23.2. The zero-order valence-electron chi connectivity index (χ0n) is 19.3. The number of urea groups is 1. The highest BCUT2D eigenvalue weighted by Gasteiger charge is 2.43. The highest BCUT2D eigenvalue weighted by Crippen LogP contribution is 2.44. The van der Waals surface area contributed by atoms with Crippen LogP contribution in [0.15, 0.2) is 48.7 Å². The van der Waals surface area contributed by atoms with E-state index in [1.807, 2.05) is 55.4 Å². The number of carbonyl (C=O) groups excluding carboxylic acids is 1. The number of hydrogen-bond donors (Lipinski definition) is 2. The molecule has 2 aliphatic carbocycles. The van der Waals surface area contributed by atoms with E-state index >= 15 is 0 Å². The van der Waals surface area contributed by atoms with Crippen molar-refractivity contribution in [3.05, 3.63) is 48.7 Å². The summed E-state index contributed by atoms with van der Waals surface area (Å²) in [6.07, 6.45) is 9.47. The van der Waals surface area contributed by atoms with Gasteiger partial charge in [0, 0.05) is 43.2 Å². The lowest BCUT2D eigenvalue weighted by Crippen LogP contribution is -2.32. The van der Waals surface area contributed by atoms with E-state index < -0.39 is 0 Å². The number of anilines is 2. The van der Waals surface area contributed by atoms with Crippen LogP contribution in [0.4, 0.5) is 16.4 Å². The molecule has 172 valence electrons. The Hall–Kier alpha value is -3.35. The smallest absolute Gasteiger partial charge is 0.319 e. The Kier molecular flexibility index (Phi) is 6.03. The number of rotatable bonds is 6. The Morgan fingerprint density at radius 3 is 2.61 bits per heavy atom.